The standard InChI is InChI=1S/C16H29NO/c1-17-15-6-3-2-5-13(11-15)14-7-10-18-16(12-14)8-4-9-16/h13-15,17H,2-12H2,1H3. The first kappa shape index (κ1) is 12.9. The average molecular weight is 251 g/mol. The maximum absolute atomic E-state index is 6.09. The summed E-state index contributed by atoms with van der Waals surface area (Å²) >= 11 is 0. The van der Waals surface area contributed by atoms with Gasteiger partial charge in [0, 0.05) is 12.6 Å². The minimum atomic E-state index is 0.338. The summed E-state index contributed by atoms with van der Waals surface area (Å²) in [4.78, 5) is 0. The van der Waals surface area contributed by atoms with Crippen LogP contribution < -0.4 is 5.32 Å². The Balaban J connectivity index is 1.61. The van der Waals surface area contributed by atoms with Crippen molar-refractivity contribution in [2.45, 2.75) is 75.9 Å². The molecule has 3 aliphatic rings. The van der Waals surface area contributed by atoms with Crippen molar-refractivity contribution >= 4 is 0 Å². The highest BCUT2D eigenvalue weighted by Gasteiger charge is 2.44. The van der Waals surface area contributed by atoms with Crippen LogP contribution in [0.5, 0.6) is 0 Å². The van der Waals surface area contributed by atoms with E-state index in [0.717, 1.165) is 24.5 Å². The van der Waals surface area contributed by atoms with Crippen molar-refractivity contribution in [1.29, 1.82) is 0 Å². The van der Waals surface area contributed by atoms with Crippen LogP contribution in [0.4, 0.5) is 0 Å². The molecule has 0 radical (unpaired) electrons. The Bertz CT molecular complexity index is 274. The predicted octanol–water partition coefficient (Wildman–Crippen LogP) is 3.50. The van der Waals surface area contributed by atoms with E-state index in [0.29, 0.717) is 5.60 Å². The van der Waals surface area contributed by atoms with Gasteiger partial charge in [-0.3, -0.25) is 0 Å². The monoisotopic (exact) mass is 251 g/mol. The van der Waals surface area contributed by atoms with Crippen molar-refractivity contribution in [3.05, 3.63) is 0 Å². The number of hydrogen-bond acceptors (Lipinski definition) is 2. The van der Waals surface area contributed by atoms with Crippen LogP contribution in [0.15, 0.2) is 0 Å². The van der Waals surface area contributed by atoms with Crippen LogP contribution in [-0.2, 0) is 4.74 Å². The average Bonchev–Trinajstić information content (AvgIpc) is 2.62. The van der Waals surface area contributed by atoms with Crippen LogP contribution in [0.1, 0.15) is 64.2 Å². The molecule has 104 valence electrons. The highest BCUT2D eigenvalue weighted by molar-refractivity contribution is 4.96. The first-order chi connectivity index (χ1) is 8.81. The van der Waals surface area contributed by atoms with Crippen molar-refractivity contribution in [3.8, 4) is 0 Å². The second-order valence-corrected chi connectivity index (χ2v) is 6.90. The zero-order chi connectivity index (χ0) is 12.4. The molecule has 1 heterocycles. The van der Waals surface area contributed by atoms with E-state index < -0.39 is 0 Å². The van der Waals surface area contributed by atoms with Gasteiger partial charge in [0.15, 0.2) is 0 Å². The molecule has 2 saturated carbocycles. The van der Waals surface area contributed by atoms with Crippen LogP contribution >= 0.6 is 0 Å². The third kappa shape index (κ3) is 2.60. The summed E-state index contributed by atoms with van der Waals surface area (Å²) in [5, 5.41) is 3.53. The third-order valence-corrected chi connectivity index (χ3v) is 5.84. The highest BCUT2D eigenvalue weighted by Crippen LogP contribution is 2.47. The van der Waals surface area contributed by atoms with Crippen LogP contribution in [0.3, 0.4) is 0 Å². The fraction of sp³-hybridized carbons (Fsp3) is 1.00. The lowest BCUT2D eigenvalue weighted by molar-refractivity contribution is -0.150. The van der Waals surface area contributed by atoms with Gasteiger partial charge in [0.05, 0.1) is 5.60 Å². The summed E-state index contributed by atoms with van der Waals surface area (Å²) in [5.74, 6) is 1.92. The molecule has 2 nitrogen and oxygen atoms in total. The smallest absolute Gasteiger partial charge is 0.0685 e. The summed E-state index contributed by atoms with van der Waals surface area (Å²) in [5.41, 5.74) is 0.338. The number of nitrogens with one attached hydrogen (secondary N) is 1. The molecule has 18 heavy (non-hydrogen) atoms. The van der Waals surface area contributed by atoms with Crippen LogP contribution in [0.25, 0.3) is 0 Å². The Kier molecular flexibility index (Phi) is 3.95. The van der Waals surface area contributed by atoms with E-state index in [1.807, 2.05) is 0 Å². The quantitative estimate of drug-likeness (QED) is 0.758. The van der Waals surface area contributed by atoms with Gasteiger partial charge in [-0.2, -0.15) is 0 Å². The van der Waals surface area contributed by atoms with E-state index >= 15 is 0 Å². The van der Waals surface area contributed by atoms with Gasteiger partial charge in [-0.05, 0) is 63.8 Å². The molecule has 3 unspecified atom stereocenters. The van der Waals surface area contributed by atoms with Crippen molar-refractivity contribution < 1.29 is 4.74 Å². The first-order valence-corrected chi connectivity index (χ1v) is 8.12. The molecule has 3 fully saturated rings. The highest BCUT2D eigenvalue weighted by atomic mass is 16.5. The molecule has 1 N–H and O–H groups in total. The SMILES string of the molecule is CNC1CCCCC(C2CCOC3(CCC3)C2)C1. The van der Waals surface area contributed by atoms with E-state index in [1.54, 1.807) is 0 Å². The molecule has 0 aromatic heterocycles. The predicted molar refractivity (Wildman–Crippen MR) is 74.7 cm³/mol. The molecule has 1 spiro atoms. The summed E-state index contributed by atoms with van der Waals surface area (Å²) in [6, 6.07) is 0.776. The zero-order valence-electron chi connectivity index (χ0n) is 11.9. The lowest BCUT2D eigenvalue weighted by Crippen LogP contribution is -2.47. The molecule has 2 aliphatic carbocycles. The summed E-state index contributed by atoms with van der Waals surface area (Å²) in [6.07, 6.45) is 13.9. The topological polar surface area (TPSA) is 21.3 Å². The summed E-state index contributed by atoms with van der Waals surface area (Å²) in [6.45, 7) is 1.03. The second kappa shape index (κ2) is 5.50. The van der Waals surface area contributed by atoms with Gasteiger partial charge in [-0.1, -0.05) is 19.3 Å². The van der Waals surface area contributed by atoms with Gasteiger partial charge >= 0.3 is 0 Å². The molecule has 0 aromatic carbocycles. The molecule has 0 amide bonds. The third-order valence-electron chi connectivity index (χ3n) is 5.84. The van der Waals surface area contributed by atoms with Crippen molar-refractivity contribution in [2.24, 2.45) is 11.8 Å². The minimum absolute atomic E-state index is 0.338. The van der Waals surface area contributed by atoms with Crippen LogP contribution in [0.2, 0.25) is 0 Å². The van der Waals surface area contributed by atoms with Crippen LogP contribution in [-0.4, -0.2) is 25.3 Å². The largest absolute Gasteiger partial charge is 0.375 e. The Morgan fingerprint density at radius 1 is 1.00 bits per heavy atom. The summed E-state index contributed by atoms with van der Waals surface area (Å²) < 4.78 is 6.09. The Labute approximate surface area is 112 Å². The Morgan fingerprint density at radius 2 is 1.83 bits per heavy atom. The molecular weight excluding hydrogens is 222 g/mol. The fourth-order valence-electron chi connectivity index (χ4n) is 4.48. The fourth-order valence-corrected chi connectivity index (χ4v) is 4.48. The number of hydrogen-bond donors (Lipinski definition) is 1. The van der Waals surface area contributed by atoms with Gasteiger partial charge in [0.1, 0.15) is 0 Å². The van der Waals surface area contributed by atoms with E-state index in [9.17, 15) is 0 Å². The second-order valence-electron chi connectivity index (χ2n) is 6.90. The first-order valence-electron chi connectivity index (χ1n) is 8.12. The normalized spacial score (nSPS) is 40.2. The van der Waals surface area contributed by atoms with Gasteiger partial charge in [-0.25, -0.2) is 0 Å². The summed E-state index contributed by atoms with van der Waals surface area (Å²) in [7, 11) is 2.14. The molecular formula is C16H29NO. The van der Waals surface area contributed by atoms with Gasteiger partial charge in [-0.15, -0.1) is 0 Å². The lowest BCUT2D eigenvalue weighted by atomic mass is 9.68. The molecule has 0 aromatic rings. The molecule has 3 atom stereocenters. The maximum Gasteiger partial charge on any atom is 0.0685 e. The molecule has 3 rings (SSSR count). The molecule has 0 bridgehead atoms. The van der Waals surface area contributed by atoms with E-state index in [1.165, 1.54) is 64.2 Å². The van der Waals surface area contributed by atoms with E-state index in [-0.39, 0.29) is 0 Å². The lowest BCUT2D eigenvalue weighted by Gasteiger charge is -2.49. The Hall–Kier alpha value is -0.0800. The molecule has 2 heteroatoms. The van der Waals surface area contributed by atoms with Gasteiger partial charge < -0.3 is 10.1 Å². The van der Waals surface area contributed by atoms with E-state index in [2.05, 4.69) is 12.4 Å². The van der Waals surface area contributed by atoms with Gasteiger partial charge in [0.25, 0.3) is 0 Å². The van der Waals surface area contributed by atoms with E-state index in [4.69, 9.17) is 4.74 Å². The molecule has 1 aliphatic heterocycles. The van der Waals surface area contributed by atoms with Crippen molar-refractivity contribution in [1.82, 2.24) is 5.32 Å². The van der Waals surface area contributed by atoms with Gasteiger partial charge in [0.2, 0.25) is 0 Å². The van der Waals surface area contributed by atoms with Crippen molar-refractivity contribution in [3.63, 3.8) is 0 Å². The minimum Gasteiger partial charge on any atom is -0.375 e. The van der Waals surface area contributed by atoms with Crippen molar-refractivity contribution in [2.75, 3.05) is 13.7 Å². The number of ether oxygens (including phenoxy) is 1. The van der Waals surface area contributed by atoms with Crippen LogP contribution in [0, 0.1) is 11.8 Å². The molecule has 1 saturated heterocycles. The Morgan fingerprint density at radius 3 is 2.56 bits per heavy atom. The zero-order valence-corrected chi connectivity index (χ0v) is 11.9. The maximum atomic E-state index is 6.09. The number of rotatable bonds is 2.